The smallest absolute Gasteiger partial charge is 0.258 e. The fraction of sp³-hybridized carbons (Fsp3) is 0.200. The number of aromatic nitrogens is 1. The minimum Gasteiger partial charge on any atom is -0.484 e. The Hall–Kier alpha value is -2.07. The lowest BCUT2D eigenvalue weighted by atomic mass is 10.2. The van der Waals surface area contributed by atoms with Crippen molar-refractivity contribution in [3.63, 3.8) is 0 Å². The summed E-state index contributed by atoms with van der Waals surface area (Å²) >= 11 is 5.77. The number of nitrogens with one attached hydrogen (secondary N) is 1. The first-order valence-electron chi connectivity index (χ1n) is 6.24. The molecule has 1 atom stereocenters. The molecule has 0 aliphatic rings. The number of amides is 1. The van der Waals surface area contributed by atoms with Crippen molar-refractivity contribution in [2.75, 3.05) is 6.61 Å². The van der Waals surface area contributed by atoms with Crippen LogP contribution >= 0.6 is 11.6 Å². The van der Waals surface area contributed by atoms with Gasteiger partial charge < -0.3 is 10.1 Å². The summed E-state index contributed by atoms with van der Waals surface area (Å²) in [5.41, 5.74) is 0.812. The molecule has 1 N–H and O–H groups in total. The molecule has 5 heteroatoms. The van der Waals surface area contributed by atoms with E-state index in [1.54, 1.807) is 30.5 Å². The number of rotatable bonds is 5. The van der Waals surface area contributed by atoms with E-state index in [1.807, 2.05) is 25.1 Å². The quantitative estimate of drug-likeness (QED) is 0.921. The second-order valence-electron chi connectivity index (χ2n) is 4.29. The van der Waals surface area contributed by atoms with Crippen molar-refractivity contribution >= 4 is 17.5 Å². The molecule has 1 heterocycles. The molecule has 20 heavy (non-hydrogen) atoms. The molecule has 4 nitrogen and oxygen atoms in total. The first-order valence-corrected chi connectivity index (χ1v) is 6.61. The molecule has 1 aromatic heterocycles. The average Bonchev–Trinajstić information content (AvgIpc) is 2.47. The van der Waals surface area contributed by atoms with Crippen LogP contribution < -0.4 is 10.1 Å². The van der Waals surface area contributed by atoms with Crippen LogP contribution in [0.5, 0.6) is 5.75 Å². The van der Waals surface area contributed by atoms with Crippen LogP contribution in [-0.2, 0) is 4.79 Å². The number of nitrogens with zero attached hydrogens (tertiary/aromatic N) is 1. The first kappa shape index (κ1) is 14.3. The molecule has 0 saturated carbocycles. The van der Waals surface area contributed by atoms with Gasteiger partial charge in [-0.15, -0.1) is 0 Å². The zero-order valence-electron chi connectivity index (χ0n) is 11.0. The van der Waals surface area contributed by atoms with E-state index in [4.69, 9.17) is 16.3 Å². The van der Waals surface area contributed by atoms with Gasteiger partial charge in [-0.1, -0.05) is 17.7 Å². The molecule has 0 fully saturated rings. The molecular formula is C15H15ClN2O2. The van der Waals surface area contributed by atoms with E-state index in [-0.39, 0.29) is 18.6 Å². The Morgan fingerprint density at radius 2 is 2.05 bits per heavy atom. The van der Waals surface area contributed by atoms with Gasteiger partial charge in [0.05, 0.1) is 11.7 Å². The van der Waals surface area contributed by atoms with Gasteiger partial charge in [0.1, 0.15) is 5.75 Å². The molecule has 0 saturated heterocycles. The maximum absolute atomic E-state index is 11.8. The van der Waals surface area contributed by atoms with Crippen molar-refractivity contribution in [1.29, 1.82) is 0 Å². The van der Waals surface area contributed by atoms with Crippen molar-refractivity contribution in [3.8, 4) is 5.75 Å². The number of hydrogen-bond acceptors (Lipinski definition) is 3. The summed E-state index contributed by atoms with van der Waals surface area (Å²) in [4.78, 5) is 16.0. The highest BCUT2D eigenvalue weighted by atomic mass is 35.5. The second kappa shape index (κ2) is 6.91. The van der Waals surface area contributed by atoms with Gasteiger partial charge in [-0.05, 0) is 43.3 Å². The van der Waals surface area contributed by atoms with Crippen LogP contribution in [-0.4, -0.2) is 17.5 Å². The number of benzene rings is 1. The number of carbonyl (C=O) groups excluding carboxylic acids is 1. The van der Waals surface area contributed by atoms with Crippen molar-refractivity contribution in [3.05, 3.63) is 59.4 Å². The van der Waals surface area contributed by atoms with Gasteiger partial charge in [0.2, 0.25) is 0 Å². The molecule has 1 aromatic carbocycles. The minimum atomic E-state index is -0.196. The molecule has 0 spiro atoms. The monoisotopic (exact) mass is 290 g/mol. The zero-order chi connectivity index (χ0) is 14.4. The van der Waals surface area contributed by atoms with E-state index in [0.29, 0.717) is 10.8 Å². The fourth-order valence-electron chi connectivity index (χ4n) is 1.67. The van der Waals surface area contributed by atoms with Crippen molar-refractivity contribution in [1.82, 2.24) is 10.3 Å². The Balaban J connectivity index is 1.82. The summed E-state index contributed by atoms with van der Waals surface area (Å²) < 4.78 is 5.37. The molecule has 2 rings (SSSR count). The Morgan fingerprint density at radius 1 is 1.30 bits per heavy atom. The number of hydrogen-bond donors (Lipinski definition) is 1. The molecule has 0 bridgehead atoms. The van der Waals surface area contributed by atoms with Crippen molar-refractivity contribution in [2.24, 2.45) is 0 Å². The van der Waals surface area contributed by atoms with E-state index >= 15 is 0 Å². The van der Waals surface area contributed by atoms with Crippen LogP contribution in [0.3, 0.4) is 0 Å². The molecular weight excluding hydrogens is 276 g/mol. The summed E-state index contributed by atoms with van der Waals surface area (Å²) in [5.74, 6) is 0.410. The predicted molar refractivity (Wildman–Crippen MR) is 77.7 cm³/mol. The molecule has 0 aliphatic carbocycles. The van der Waals surface area contributed by atoms with Gasteiger partial charge in [-0.3, -0.25) is 9.78 Å². The van der Waals surface area contributed by atoms with Crippen molar-refractivity contribution in [2.45, 2.75) is 13.0 Å². The fourth-order valence-corrected chi connectivity index (χ4v) is 1.79. The topological polar surface area (TPSA) is 51.2 Å². The molecule has 0 aliphatic heterocycles. The van der Waals surface area contributed by atoms with Crippen LogP contribution in [0.2, 0.25) is 5.02 Å². The Morgan fingerprint density at radius 3 is 2.70 bits per heavy atom. The third-order valence-electron chi connectivity index (χ3n) is 2.69. The van der Waals surface area contributed by atoms with Crippen molar-refractivity contribution < 1.29 is 9.53 Å². The van der Waals surface area contributed by atoms with Crippen LogP contribution in [0.25, 0.3) is 0 Å². The predicted octanol–water partition coefficient (Wildman–Crippen LogP) is 2.99. The van der Waals surface area contributed by atoms with Gasteiger partial charge in [-0.2, -0.15) is 0 Å². The summed E-state index contributed by atoms with van der Waals surface area (Å²) in [5, 5.41) is 3.46. The molecule has 104 valence electrons. The Kier molecular flexibility index (Phi) is 4.96. The minimum absolute atomic E-state index is 0.0429. The van der Waals surface area contributed by atoms with E-state index in [9.17, 15) is 4.79 Å². The highest BCUT2D eigenvalue weighted by molar-refractivity contribution is 6.30. The highest BCUT2D eigenvalue weighted by Crippen LogP contribution is 2.15. The second-order valence-corrected chi connectivity index (χ2v) is 4.72. The summed E-state index contributed by atoms with van der Waals surface area (Å²) in [6.45, 7) is 1.83. The lowest BCUT2D eigenvalue weighted by molar-refractivity contribution is -0.123. The van der Waals surface area contributed by atoms with E-state index < -0.39 is 0 Å². The lowest BCUT2D eigenvalue weighted by Gasteiger charge is -2.13. The molecule has 2 aromatic rings. The van der Waals surface area contributed by atoms with Crippen LogP contribution in [0.1, 0.15) is 18.7 Å². The van der Waals surface area contributed by atoms with Gasteiger partial charge >= 0.3 is 0 Å². The van der Waals surface area contributed by atoms with Gasteiger partial charge in [0.15, 0.2) is 6.61 Å². The maximum atomic E-state index is 11.8. The number of carbonyl (C=O) groups is 1. The average molecular weight is 291 g/mol. The summed E-state index contributed by atoms with van der Waals surface area (Å²) in [7, 11) is 0. The van der Waals surface area contributed by atoms with E-state index in [0.717, 1.165) is 5.69 Å². The van der Waals surface area contributed by atoms with Crippen LogP contribution in [0.15, 0.2) is 48.7 Å². The van der Waals surface area contributed by atoms with E-state index in [1.165, 1.54) is 0 Å². The first-order chi connectivity index (χ1) is 9.65. The standard InChI is InChI=1S/C15H15ClN2O2/c1-11(14-4-2-3-9-17-14)18-15(19)10-20-13-7-5-12(16)6-8-13/h2-9,11H,10H2,1H3,(H,18,19)/t11-/m1/s1. The number of pyridine rings is 1. The maximum Gasteiger partial charge on any atom is 0.258 e. The normalized spacial score (nSPS) is 11.7. The van der Waals surface area contributed by atoms with Gasteiger partial charge in [-0.25, -0.2) is 0 Å². The molecule has 0 radical (unpaired) electrons. The lowest BCUT2D eigenvalue weighted by Crippen LogP contribution is -2.31. The third-order valence-corrected chi connectivity index (χ3v) is 2.94. The van der Waals surface area contributed by atoms with E-state index in [2.05, 4.69) is 10.3 Å². The Labute approximate surface area is 122 Å². The molecule has 0 unspecified atom stereocenters. The van der Waals surface area contributed by atoms with Crippen LogP contribution in [0.4, 0.5) is 0 Å². The van der Waals surface area contributed by atoms with Gasteiger partial charge in [0.25, 0.3) is 5.91 Å². The summed E-state index contributed by atoms with van der Waals surface area (Å²) in [6.07, 6.45) is 1.70. The largest absolute Gasteiger partial charge is 0.484 e. The number of ether oxygens (including phenoxy) is 1. The molecule has 1 amide bonds. The van der Waals surface area contributed by atoms with Gasteiger partial charge in [0, 0.05) is 11.2 Å². The third kappa shape index (κ3) is 4.24. The number of halogens is 1. The Bertz CT molecular complexity index is 558. The zero-order valence-corrected chi connectivity index (χ0v) is 11.8. The highest BCUT2D eigenvalue weighted by Gasteiger charge is 2.10. The SMILES string of the molecule is C[C@@H](NC(=O)COc1ccc(Cl)cc1)c1ccccn1. The van der Waals surface area contributed by atoms with Crippen LogP contribution in [0, 0.1) is 0 Å². The summed E-state index contributed by atoms with van der Waals surface area (Å²) in [6, 6.07) is 12.3.